The fourth-order valence-electron chi connectivity index (χ4n) is 2.14. The summed E-state index contributed by atoms with van der Waals surface area (Å²) in [5.41, 5.74) is 7.76. The number of nitrogens with two attached hydrogens (primary N) is 1. The number of carbonyl (C=O) groups excluding carboxylic acids is 1. The Balaban J connectivity index is 2.13. The van der Waals surface area contributed by atoms with Crippen LogP contribution < -0.4 is 11.1 Å². The number of aryl methyl sites for hydroxylation is 2. The molecule has 3 N–H and O–H groups in total. The topological polar surface area (TPSA) is 55.1 Å². The average molecular weight is 290 g/mol. The third-order valence-corrected chi connectivity index (χ3v) is 3.21. The van der Waals surface area contributed by atoms with E-state index in [9.17, 15) is 13.6 Å². The number of hydrogen-bond donors (Lipinski definition) is 2. The predicted molar refractivity (Wildman–Crippen MR) is 77.9 cm³/mol. The van der Waals surface area contributed by atoms with Gasteiger partial charge in [0.1, 0.15) is 11.6 Å². The summed E-state index contributed by atoms with van der Waals surface area (Å²) in [5.74, 6) is -1.24. The summed E-state index contributed by atoms with van der Waals surface area (Å²) in [6, 6.07) is 6.95. The molecule has 21 heavy (non-hydrogen) atoms. The second-order valence-corrected chi connectivity index (χ2v) is 4.96. The van der Waals surface area contributed by atoms with Crippen LogP contribution in [0.4, 0.5) is 14.5 Å². The molecule has 0 unspecified atom stereocenters. The van der Waals surface area contributed by atoms with E-state index in [0.29, 0.717) is 11.1 Å². The zero-order chi connectivity index (χ0) is 15.6. The average Bonchev–Trinajstić information content (AvgIpc) is 2.44. The molecule has 1 amide bonds. The van der Waals surface area contributed by atoms with Crippen molar-refractivity contribution in [2.75, 3.05) is 5.73 Å². The molecule has 110 valence electrons. The fourth-order valence-corrected chi connectivity index (χ4v) is 2.14. The first-order chi connectivity index (χ1) is 9.88. The van der Waals surface area contributed by atoms with Gasteiger partial charge in [0.2, 0.25) is 0 Å². The molecule has 0 fully saturated rings. The van der Waals surface area contributed by atoms with Crippen LogP contribution in [-0.2, 0) is 6.54 Å². The van der Waals surface area contributed by atoms with Crippen LogP contribution in [0.25, 0.3) is 0 Å². The van der Waals surface area contributed by atoms with E-state index < -0.39 is 11.7 Å². The molecule has 0 aliphatic carbocycles. The van der Waals surface area contributed by atoms with Crippen molar-refractivity contribution >= 4 is 11.6 Å². The van der Waals surface area contributed by atoms with E-state index in [0.717, 1.165) is 11.6 Å². The third kappa shape index (κ3) is 3.37. The molecule has 0 spiro atoms. The molecule has 0 atom stereocenters. The Morgan fingerprint density at radius 2 is 1.76 bits per heavy atom. The van der Waals surface area contributed by atoms with E-state index in [1.165, 1.54) is 12.1 Å². The summed E-state index contributed by atoms with van der Waals surface area (Å²) >= 11 is 0. The number of amides is 1. The number of rotatable bonds is 3. The Morgan fingerprint density at radius 3 is 2.38 bits per heavy atom. The predicted octanol–water partition coefficient (Wildman–Crippen LogP) is 3.09. The number of anilines is 1. The van der Waals surface area contributed by atoms with Gasteiger partial charge in [0.05, 0.1) is 5.56 Å². The van der Waals surface area contributed by atoms with Gasteiger partial charge in [-0.1, -0.05) is 12.1 Å². The van der Waals surface area contributed by atoms with Crippen molar-refractivity contribution in [1.29, 1.82) is 0 Å². The Morgan fingerprint density at radius 1 is 1.14 bits per heavy atom. The first-order valence-corrected chi connectivity index (χ1v) is 6.47. The van der Waals surface area contributed by atoms with Crippen molar-refractivity contribution in [2.45, 2.75) is 20.4 Å². The zero-order valence-corrected chi connectivity index (χ0v) is 11.8. The van der Waals surface area contributed by atoms with Crippen molar-refractivity contribution in [1.82, 2.24) is 5.32 Å². The molecule has 2 rings (SSSR count). The molecule has 0 aliphatic heterocycles. The van der Waals surface area contributed by atoms with Crippen molar-refractivity contribution in [3.63, 3.8) is 0 Å². The molecule has 0 aromatic heterocycles. The van der Waals surface area contributed by atoms with E-state index >= 15 is 0 Å². The van der Waals surface area contributed by atoms with Crippen LogP contribution in [0.1, 0.15) is 27.0 Å². The molecule has 5 heteroatoms. The summed E-state index contributed by atoms with van der Waals surface area (Å²) in [4.78, 5) is 12.0. The molecule has 0 saturated carbocycles. The van der Waals surface area contributed by atoms with Gasteiger partial charge in [0.15, 0.2) is 0 Å². The van der Waals surface area contributed by atoms with Gasteiger partial charge in [-0.15, -0.1) is 0 Å². The van der Waals surface area contributed by atoms with E-state index in [-0.39, 0.29) is 23.6 Å². The van der Waals surface area contributed by atoms with E-state index in [4.69, 9.17) is 5.73 Å². The highest BCUT2D eigenvalue weighted by Crippen LogP contribution is 2.16. The van der Waals surface area contributed by atoms with Crippen LogP contribution in [0.3, 0.4) is 0 Å². The first kappa shape index (κ1) is 15.0. The lowest BCUT2D eigenvalue weighted by Crippen LogP contribution is -2.24. The van der Waals surface area contributed by atoms with Gasteiger partial charge < -0.3 is 11.1 Å². The molecule has 3 nitrogen and oxygen atoms in total. The minimum atomic E-state index is -0.525. The maximum atomic E-state index is 13.5. The second-order valence-electron chi connectivity index (χ2n) is 4.96. The number of nitrogens with one attached hydrogen (secondary N) is 1. The lowest BCUT2D eigenvalue weighted by Gasteiger charge is -2.10. The number of hydrogen-bond acceptors (Lipinski definition) is 2. The Labute approximate surface area is 121 Å². The molecule has 0 radical (unpaired) electrons. The van der Waals surface area contributed by atoms with Gasteiger partial charge >= 0.3 is 0 Å². The molecule has 0 aliphatic rings. The summed E-state index contributed by atoms with van der Waals surface area (Å²) in [5, 5.41) is 2.65. The molecule has 2 aromatic carbocycles. The minimum Gasteiger partial charge on any atom is -0.398 e. The SMILES string of the molecule is Cc1cc(CNC(=O)c2cc(F)ccc2N)cc(C)c1F. The lowest BCUT2D eigenvalue weighted by atomic mass is 10.1. The summed E-state index contributed by atoms with van der Waals surface area (Å²) < 4.78 is 26.7. The van der Waals surface area contributed by atoms with Gasteiger partial charge in [-0.05, 0) is 48.7 Å². The number of benzene rings is 2. The second kappa shape index (κ2) is 5.91. The van der Waals surface area contributed by atoms with Gasteiger partial charge in [-0.3, -0.25) is 4.79 Å². The van der Waals surface area contributed by atoms with Crippen LogP contribution in [-0.4, -0.2) is 5.91 Å². The molecule has 0 heterocycles. The highest BCUT2D eigenvalue weighted by Gasteiger charge is 2.11. The largest absolute Gasteiger partial charge is 0.398 e. The number of halogens is 2. The smallest absolute Gasteiger partial charge is 0.253 e. The molecule has 0 saturated heterocycles. The van der Waals surface area contributed by atoms with Crippen molar-refractivity contribution in [2.24, 2.45) is 0 Å². The van der Waals surface area contributed by atoms with Gasteiger partial charge in [-0.25, -0.2) is 8.78 Å². The standard InChI is InChI=1S/C16H16F2N2O/c1-9-5-11(6-10(2)15(9)18)8-20-16(21)13-7-12(17)3-4-14(13)19/h3-7H,8,19H2,1-2H3,(H,20,21). The molecular weight excluding hydrogens is 274 g/mol. The highest BCUT2D eigenvalue weighted by molar-refractivity contribution is 5.99. The highest BCUT2D eigenvalue weighted by atomic mass is 19.1. The van der Waals surface area contributed by atoms with Gasteiger partial charge in [-0.2, -0.15) is 0 Å². The van der Waals surface area contributed by atoms with Crippen LogP contribution in [0, 0.1) is 25.5 Å². The van der Waals surface area contributed by atoms with E-state index in [2.05, 4.69) is 5.32 Å². The van der Waals surface area contributed by atoms with Crippen molar-refractivity contribution < 1.29 is 13.6 Å². The van der Waals surface area contributed by atoms with Crippen molar-refractivity contribution in [3.8, 4) is 0 Å². The Bertz CT molecular complexity index is 676. The third-order valence-electron chi connectivity index (χ3n) is 3.21. The van der Waals surface area contributed by atoms with Crippen molar-refractivity contribution in [3.05, 3.63) is 64.2 Å². The fraction of sp³-hybridized carbons (Fsp3) is 0.188. The van der Waals surface area contributed by atoms with Gasteiger partial charge in [0.25, 0.3) is 5.91 Å². The maximum absolute atomic E-state index is 13.5. The van der Waals surface area contributed by atoms with Gasteiger partial charge in [0, 0.05) is 12.2 Å². The summed E-state index contributed by atoms with van der Waals surface area (Å²) in [7, 11) is 0. The maximum Gasteiger partial charge on any atom is 0.253 e. The Kier molecular flexibility index (Phi) is 4.21. The lowest BCUT2D eigenvalue weighted by molar-refractivity contribution is 0.0951. The first-order valence-electron chi connectivity index (χ1n) is 6.47. The molecule has 0 bridgehead atoms. The minimum absolute atomic E-state index is 0.0885. The van der Waals surface area contributed by atoms with Crippen LogP contribution in [0.2, 0.25) is 0 Å². The molecular formula is C16H16F2N2O. The number of carbonyl (C=O) groups is 1. The normalized spacial score (nSPS) is 10.5. The van der Waals surface area contributed by atoms with Crippen LogP contribution >= 0.6 is 0 Å². The summed E-state index contributed by atoms with van der Waals surface area (Å²) in [6.07, 6.45) is 0. The summed E-state index contributed by atoms with van der Waals surface area (Å²) in [6.45, 7) is 3.55. The van der Waals surface area contributed by atoms with E-state index in [1.54, 1.807) is 26.0 Å². The van der Waals surface area contributed by atoms with Crippen LogP contribution in [0.15, 0.2) is 30.3 Å². The Hall–Kier alpha value is -2.43. The zero-order valence-electron chi connectivity index (χ0n) is 11.8. The number of nitrogen functional groups attached to an aromatic ring is 1. The quantitative estimate of drug-likeness (QED) is 0.853. The van der Waals surface area contributed by atoms with Crippen LogP contribution in [0.5, 0.6) is 0 Å². The van der Waals surface area contributed by atoms with E-state index in [1.807, 2.05) is 0 Å². The monoisotopic (exact) mass is 290 g/mol. The molecule has 2 aromatic rings.